The first-order valence-electron chi connectivity index (χ1n) is 14.4. The Morgan fingerprint density at radius 1 is 0.854 bits per heavy atom. The number of esters is 2. The summed E-state index contributed by atoms with van der Waals surface area (Å²) in [6, 6.07) is 17.0. The van der Waals surface area contributed by atoms with E-state index in [-0.39, 0.29) is 0 Å². The van der Waals surface area contributed by atoms with E-state index in [0.717, 1.165) is 29.5 Å². The second kappa shape index (κ2) is 16.3. The van der Waals surface area contributed by atoms with Crippen LogP contribution in [-0.4, -0.2) is 30.3 Å². The number of carbonyl (C=O) groups is 3. The predicted octanol–water partition coefficient (Wildman–Crippen LogP) is 6.60. The third-order valence-corrected chi connectivity index (χ3v) is 6.46. The van der Waals surface area contributed by atoms with Gasteiger partial charge in [-0.3, -0.25) is 0 Å². The fraction of sp³-hybridized carbons (Fsp3) is 0.424. The molecule has 1 N–H and O–H groups in total. The van der Waals surface area contributed by atoms with Crippen LogP contribution in [0.2, 0.25) is 0 Å². The normalized spacial score (nSPS) is 14.6. The van der Waals surface area contributed by atoms with Gasteiger partial charge in [-0.25, -0.2) is 19.9 Å². The van der Waals surface area contributed by atoms with Crippen molar-refractivity contribution in [3.05, 3.63) is 83.1 Å². The molecule has 3 rings (SSSR count). The molecule has 8 heteroatoms. The van der Waals surface area contributed by atoms with Crippen LogP contribution >= 0.6 is 0 Å². The van der Waals surface area contributed by atoms with Crippen LogP contribution in [0.5, 0.6) is 5.75 Å². The molecule has 41 heavy (non-hydrogen) atoms. The van der Waals surface area contributed by atoms with Crippen molar-refractivity contribution in [2.45, 2.75) is 84.3 Å². The predicted molar refractivity (Wildman–Crippen MR) is 156 cm³/mol. The Hall–Kier alpha value is -4.07. The molecule has 0 amide bonds. The highest BCUT2D eigenvalue weighted by Crippen LogP contribution is 2.22. The van der Waals surface area contributed by atoms with Crippen molar-refractivity contribution in [3.8, 4) is 5.75 Å². The Balaban J connectivity index is 1.57. The van der Waals surface area contributed by atoms with Crippen LogP contribution in [0.25, 0.3) is 6.08 Å². The molecule has 2 aromatic carbocycles. The number of rotatable bonds is 16. The van der Waals surface area contributed by atoms with E-state index < -0.39 is 29.3 Å². The minimum absolute atomic E-state index is 0.312. The van der Waals surface area contributed by atoms with Crippen LogP contribution in [-0.2, 0) is 35.1 Å². The summed E-state index contributed by atoms with van der Waals surface area (Å²) in [4.78, 5) is 42.4. The van der Waals surface area contributed by atoms with Gasteiger partial charge in [-0.1, -0.05) is 94.3 Å². The Kier molecular flexibility index (Phi) is 12.5. The standard InChI is InChI=1S/C33H41NO7/c1-4-5-6-7-8-9-10-14-21-38-28-19-17-26(18-20-28)23-27(22-25-15-12-11-13-16-25)30(35)41-34-24-29-31(36)39-33(2,3)40-32(29)37/h11-13,15-20,23-24,34H,4-10,14,21-22H2,1-3H3. The minimum Gasteiger partial charge on any atom is -0.494 e. The maximum atomic E-state index is 13.0. The smallest absolute Gasteiger partial charge is 0.359 e. The number of carbonyl (C=O) groups excluding carboxylic acids is 3. The molecule has 2 aromatic rings. The lowest BCUT2D eigenvalue weighted by atomic mass is 10.0. The Bertz CT molecular complexity index is 1180. The fourth-order valence-electron chi connectivity index (χ4n) is 4.27. The summed E-state index contributed by atoms with van der Waals surface area (Å²) < 4.78 is 16.0. The molecule has 0 saturated carbocycles. The first-order chi connectivity index (χ1) is 19.8. The molecular formula is C33H41NO7. The zero-order valence-electron chi connectivity index (χ0n) is 24.3. The fourth-order valence-corrected chi connectivity index (χ4v) is 4.27. The highest BCUT2D eigenvalue weighted by molar-refractivity contribution is 6.15. The number of hydrogen-bond acceptors (Lipinski definition) is 8. The highest BCUT2D eigenvalue weighted by Gasteiger charge is 2.39. The zero-order chi connectivity index (χ0) is 29.5. The number of hydroxylamine groups is 1. The van der Waals surface area contributed by atoms with E-state index >= 15 is 0 Å². The zero-order valence-corrected chi connectivity index (χ0v) is 24.3. The van der Waals surface area contributed by atoms with Crippen molar-refractivity contribution in [2.75, 3.05) is 6.61 Å². The van der Waals surface area contributed by atoms with Gasteiger partial charge in [0.15, 0.2) is 5.57 Å². The van der Waals surface area contributed by atoms with Crippen molar-refractivity contribution in [3.63, 3.8) is 0 Å². The maximum Gasteiger partial charge on any atom is 0.359 e. The molecule has 0 radical (unpaired) electrons. The van der Waals surface area contributed by atoms with Gasteiger partial charge >= 0.3 is 17.9 Å². The number of nitrogens with one attached hydrogen (secondary N) is 1. The topological polar surface area (TPSA) is 100 Å². The van der Waals surface area contributed by atoms with Gasteiger partial charge in [0.05, 0.1) is 12.8 Å². The first kappa shape index (κ1) is 31.5. The second-order valence-electron chi connectivity index (χ2n) is 10.5. The molecule has 1 saturated heterocycles. The summed E-state index contributed by atoms with van der Waals surface area (Å²) in [6.45, 7) is 5.80. The number of ether oxygens (including phenoxy) is 3. The van der Waals surface area contributed by atoms with Gasteiger partial charge in [-0.05, 0) is 35.8 Å². The van der Waals surface area contributed by atoms with Gasteiger partial charge in [0.1, 0.15) is 5.75 Å². The van der Waals surface area contributed by atoms with Crippen molar-refractivity contribution < 1.29 is 33.4 Å². The third-order valence-electron chi connectivity index (χ3n) is 6.46. The largest absolute Gasteiger partial charge is 0.494 e. The van der Waals surface area contributed by atoms with Gasteiger partial charge in [0, 0.05) is 25.8 Å². The lowest BCUT2D eigenvalue weighted by Crippen LogP contribution is -2.42. The van der Waals surface area contributed by atoms with Crippen LogP contribution in [0, 0.1) is 0 Å². The SMILES string of the molecule is CCCCCCCCCCOc1ccc(C=C(Cc2ccccc2)C(=O)ONC=C2C(=O)OC(C)(C)OC2=O)cc1. The van der Waals surface area contributed by atoms with Crippen molar-refractivity contribution in [1.29, 1.82) is 0 Å². The van der Waals surface area contributed by atoms with Gasteiger partial charge in [-0.15, -0.1) is 0 Å². The Morgan fingerprint density at radius 2 is 1.46 bits per heavy atom. The summed E-state index contributed by atoms with van der Waals surface area (Å²) >= 11 is 0. The van der Waals surface area contributed by atoms with Gasteiger partial charge in [0.25, 0.3) is 5.79 Å². The quantitative estimate of drug-likeness (QED) is 0.0802. The molecule has 0 atom stereocenters. The molecule has 1 aliphatic rings. The molecule has 0 bridgehead atoms. The van der Waals surface area contributed by atoms with Crippen molar-refractivity contribution in [2.24, 2.45) is 0 Å². The van der Waals surface area contributed by atoms with E-state index in [4.69, 9.17) is 19.0 Å². The van der Waals surface area contributed by atoms with Crippen molar-refractivity contribution in [1.82, 2.24) is 5.48 Å². The molecule has 1 aliphatic heterocycles. The highest BCUT2D eigenvalue weighted by atomic mass is 16.7. The molecule has 8 nitrogen and oxygen atoms in total. The third kappa shape index (κ3) is 11.1. The van der Waals surface area contributed by atoms with Crippen LogP contribution in [0.1, 0.15) is 83.3 Å². The van der Waals surface area contributed by atoms with Crippen LogP contribution < -0.4 is 10.2 Å². The average Bonchev–Trinajstić information content (AvgIpc) is 2.94. The van der Waals surface area contributed by atoms with Crippen LogP contribution in [0.4, 0.5) is 0 Å². The molecule has 1 fully saturated rings. The molecule has 0 unspecified atom stereocenters. The molecular weight excluding hydrogens is 522 g/mol. The summed E-state index contributed by atoms with van der Waals surface area (Å²) in [5.74, 6) is -3.00. The summed E-state index contributed by atoms with van der Waals surface area (Å²) in [7, 11) is 0. The molecule has 0 spiro atoms. The molecule has 220 valence electrons. The number of unbranched alkanes of at least 4 members (excludes halogenated alkanes) is 7. The number of cyclic esters (lactones) is 2. The Morgan fingerprint density at radius 3 is 2.10 bits per heavy atom. The van der Waals surface area contributed by atoms with Crippen LogP contribution in [0.3, 0.4) is 0 Å². The van der Waals surface area contributed by atoms with Gasteiger partial charge < -0.3 is 19.0 Å². The van der Waals surface area contributed by atoms with E-state index in [1.165, 1.54) is 58.8 Å². The monoisotopic (exact) mass is 563 g/mol. The summed E-state index contributed by atoms with van der Waals surface area (Å²) in [6.07, 6.45) is 13.0. The summed E-state index contributed by atoms with van der Waals surface area (Å²) in [5.41, 5.74) is 3.95. The number of hydrogen-bond donors (Lipinski definition) is 1. The van der Waals surface area contributed by atoms with Crippen molar-refractivity contribution >= 4 is 24.0 Å². The lowest BCUT2D eigenvalue weighted by Gasteiger charge is -2.29. The van der Waals surface area contributed by atoms with E-state index in [1.807, 2.05) is 54.6 Å². The lowest BCUT2D eigenvalue weighted by molar-refractivity contribution is -0.222. The first-order valence-corrected chi connectivity index (χ1v) is 14.4. The molecule has 0 aromatic heterocycles. The summed E-state index contributed by atoms with van der Waals surface area (Å²) in [5, 5.41) is 0. The van der Waals surface area contributed by atoms with E-state index in [2.05, 4.69) is 12.4 Å². The van der Waals surface area contributed by atoms with Gasteiger partial charge in [-0.2, -0.15) is 0 Å². The van der Waals surface area contributed by atoms with Crippen LogP contribution in [0.15, 0.2) is 71.9 Å². The van der Waals surface area contributed by atoms with E-state index in [9.17, 15) is 14.4 Å². The van der Waals surface area contributed by atoms with Gasteiger partial charge in [0.2, 0.25) is 0 Å². The second-order valence-corrected chi connectivity index (χ2v) is 10.5. The molecule has 1 heterocycles. The minimum atomic E-state index is -1.36. The Labute approximate surface area is 242 Å². The van der Waals surface area contributed by atoms with E-state index in [1.54, 1.807) is 6.08 Å². The maximum absolute atomic E-state index is 13.0. The number of benzene rings is 2. The average molecular weight is 564 g/mol. The molecule has 0 aliphatic carbocycles. The van der Waals surface area contributed by atoms with E-state index in [0.29, 0.717) is 18.6 Å².